The monoisotopic (exact) mass is 275 g/mol. The fourth-order valence-corrected chi connectivity index (χ4v) is 1.71. The molecule has 0 fully saturated rings. The Morgan fingerprint density at radius 3 is 2.85 bits per heavy atom. The Morgan fingerprint density at radius 1 is 1.35 bits per heavy atom. The molecule has 0 saturated carbocycles. The molecular weight excluding hydrogens is 262 g/mol. The highest BCUT2D eigenvalue weighted by Crippen LogP contribution is 2.16. The number of ether oxygens (including phenoxy) is 1. The number of carbonyl (C=O) groups is 2. The molecule has 0 unspecified atom stereocenters. The number of nitrogens with one attached hydrogen (secondary N) is 1. The van der Waals surface area contributed by atoms with Crippen molar-refractivity contribution in [3.8, 4) is 0 Å². The largest absolute Gasteiger partial charge is 0.478 e. The molecule has 0 aliphatic rings. The van der Waals surface area contributed by atoms with Crippen LogP contribution in [0.1, 0.15) is 26.5 Å². The van der Waals surface area contributed by atoms with E-state index in [1.54, 1.807) is 18.2 Å². The van der Waals surface area contributed by atoms with E-state index in [1.807, 2.05) is 0 Å². The number of methoxy groups -OCH3 is 1. The van der Waals surface area contributed by atoms with Crippen molar-refractivity contribution in [2.24, 2.45) is 0 Å². The number of carbonyl (C=O) groups excluding carboxylic acids is 1. The maximum absolute atomic E-state index is 11.4. The predicted molar refractivity (Wildman–Crippen MR) is 70.8 cm³/mol. The predicted octanol–water partition coefficient (Wildman–Crippen LogP) is 2.38. The van der Waals surface area contributed by atoms with E-state index in [1.165, 1.54) is 25.5 Å². The molecule has 0 atom stereocenters. The number of carboxylic acids is 1. The van der Waals surface area contributed by atoms with Gasteiger partial charge in [-0.05, 0) is 24.3 Å². The zero-order chi connectivity index (χ0) is 14.5. The molecule has 0 saturated heterocycles. The number of furan rings is 1. The molecule has 1 aromatic carbocycles. The summed E-state index contributed by atoms with van der Waals surface area (Å²) in [5.41, 5.74) is 1.47. The minimum Gasteiger partial charge on any atom is -0.478 e. The van der Waals surface area contributed by atoms with Crippen molar-refractivity contribution in [3.05, 3.63) is 53.5 Å². The van der Waals surface area contributed by atoms with E-state index in [2.05, 4.69) is 10.1 Å². The first-order chi connectivity index (χ1) is 9.61. The number of hydrogen-bond acceptors (Lipinski definition) is 5. The van der Waals surface area contributed by atoms with Crippen molar-refractivity contribution in [1.29, 1.82) is 0 Å². The second kappa shape index (κ2) is 5.92. The van der Waals surface area contributed by atoms with Crippen molar-refractivity contribution >= 4 is 17.6 Å². The highest BCUT2D eigenvalue weighted by atomic mass is 16.5. The third-order valence-corrected chi connectivity index (χ3v) is 2.71. The number of aromatic carboxylic acids is 1. The Morgan fingerprint density at radius 2 is 2.15 bits per heavy atom. The van der Waals surface area contributed by atoms with Crippen LogP contribution in [0.2, 0.25) is 0 Å². The van der Waals surface area contributed by atoms with Crippen LogP contribution in [0.4, 0.5) is 5.69 Å². The summed E-state index contributed by atoms with van der Waals surface area (Å²) in [5, 5.41) is 11.9. The Balaban J connectivity index is 2.09. The summed E-state index contributed by atoms with van der Waals surface area (Å²) in [7, 11) is 1.28. The normalized spacial score (nSPS) is 10.1. The van der Waals surface area contributed by atoms with Gasteiger partial charge in [0.25, 0.3) is 0 Å². The van der Waals surface area contributed by atoms with E-state index in [-0.39, 0.29) is 11.3 Å². The number of carboxylic acid groups (broad SMARTS) is 1. The van der Waals surface area contributed by atoms with Gasteiger partial charge in [-0.1, -0.05) is 6.07 Å². The molecule has 1 heterocycles. The number of esters is 1. The van der Waals surface area contributed by atoms with Crippen LogP contribution in [0.3, 0.4) is 0 Å². The lowest BCUT2D eigenvalue weighted by Crippen LogP contribution is -2.07. The van der Waals surface area contributed by atoms with Gasteiger partial charge < -0.3 is 19.6 Å². The number of anilines is 1. The molecule has 0 spiro atoms. The quantitative estimate of drug-likeness (QED) is 0.814. The first kappa shape index (κ1) is 13.7. The smallest absolute Gasteiger partial charge is 0.374 e. The molecule has 0 amide bonds. The van der Waals surface area contributed by atoms with Crippen LogP contribution in [0.25, 0.3) is 0 Å². The highest BCUT2D eigenvalue weighted by Gasteiger charge is 2.15. The maximum atomic E-state index is 11.4. The van der Waals surface area contributed by atoms with Gasteiger partial charge in [0.2, 0.25) is 5.76 Å². The Labute approximate surface area is 115 Å². The van der Waals surface area contributed by atoms with Crippen LogP contribution >= 0.6 is 0 Å². The molecule has 0 aliphatic carbocycles. The molecule has 6 heteroatoms. The van der Waals surface area contributed by atoms with Gasteiger partial charge >= 0.3 is 11.9 Å². The Kier molecular flexibility index (Phi) is 4.05. The van der Waals surface area contributed by atoms with E-state index < -0.39 is 11.9 Å². The van der Waals surface area contributed by atoms with Gasteiger partial charge in [-0.15, -0.1) is 0 Å². The molecule has 20 heavy (non-hydrogen) atoms. The Bertz CT molecular complexity index is 632. The van der Waals surface area contributed by atoms with E-state index in [0.29, 0.717) is 17.8 Å². The van der Waals surface area contributed by atoms with Gasteiger partial charge in [0.05, 0.1) is 18.9 Å². The summed E-state index contributed by atoms with van der Waals surface area (Å²) < 4.78 is 9.66. The standard InChI is InChI=1S/C14H13NO5/c1-19-14(18)12-10(5-6-20-12)8-15-11-4-2-3-9(7-11)13(16)17/h2-7,15H,8H2,1H3,(H,16,17). The number of rotatable bonds is 5. The molecule has 1 aromatic heterocycles. The summed E-state index contributed by atoms with van der Waals surface area (Å²) in [6.45, 7) is 0.323. The third-order valence-electron chi connectivity index (χ3n) is 2.71. The molecule has 0 bridgehead atoms. The zero-order valence-corrected chi connectivity index (χ0v) is 10.8. The summed E-state index contributed by atoms with van der Waals surface area (Å²) in [6.07, 6.45) is 1.40. The summed E-state index contributed by atoms with van der Waals surface area (Å²) in [4.78, 5) is 22.3. The van der Waals surface area contributed by atoms with Crippen molar-refractivity contribution in [3.63, 3.8) is 0 Å². The molecule has 2 aromatic rings. The van der Waals surface area contributed by atoms with Gasteiger partial charge in [0.1, 0.15) is 0 Å². The zero-order valence-electron chi connectivity index (χ0n) is 10.8. The number of hydrogen-bond donors (Lipinski definition) is 2. The molecular formula is C14H13NO5. The lowest BCUT2D eigenvalue weighted by molar-refractivity contribution is 0.0563. The minimum atomic E-state index is -0.993. The average Bonchev–Trinajstić information content (AvgIpc) is 2.93. The fourth-order valence-electron chi connectivity index (χ4n) is 1.71. The molecule has 2 rings (SSSR count). The van der Waals surface area contributed by atoms with Crippen LogP contribution in [0.15, 0.2) is 41.0 Å². The maximum Gasteiger partial charge on any atom is 0.374 e. The average molecular weight is 275 g/mol. The van der Waals surface area contributed by atoms with E-state index >= 15 is 0 Å². The highest BCUT2D eigenvalue weighted by molar-refractivity contribution is 5.89. The first-order valence-corrected chi connectivity index (χ1v) is 5.83. The van der Waals surface area contributed by atoms with Crippen LogP contribution in [0.5, 0.6) is 0 Å². The van der Waals surface area contributed by atoms with Gasteiger partial charge in [-0.2, -0.15) is 0 Å². The van der Waals surface area contributed by atoms with Crippen LogP contribution in [-0.4, -0.2) is 24.2 Å². The van der Waals surface area contributed by atoms with E-state index in [9.17, 15) is 9.59 Å². The summed E-state index contributed by atoms with van der Waals surface area (Å²) in [6, 6.07) is 8.05. The minimum absolute atomic E-state index is 0.134. The topological polar surface area (TPSA) is 88.8 Å². The lowest BCUT2D eigenvalue weighted by atomic mass is 10.2. The van der Waals surface area contributed by atoms with Gasteiger partial charge in [-0.25, -0.2) is 9.59 Å². The molecule has 2 N–H and O–H groups in total. The molecule has 6 nitrogen and oxygen atoms in total. The molecule has 0 aliphatic heterocycles. The van der Waals surface area contributed by atoms with Crippen molar-refractivity contribution in [2.45, 2.75) is 6.54 Å². The lowest BCUT2D eigenvalue weighted by Gasteiger charge is -2.06. The summed E-state index contributed by atoms with van der Waals surface area (Å²) in [5.74, 6) is -1.41. The van der Waals surface area contributed by atoms with Crippen molar-refractivity contribution in [2.75, 3.05) is 12.4 Å². The van der Waals surface area contributed by atoms with Gasteiger partial charge in [0, 0.05) is 17.8 Å². The Hall–Kier alpha value is -2.76. The molecule has 104 valence electrons. The summed E-state index contributed by atoms with van der Waals surface area (Å²) >= 11 is 0. The SMILES string of the molecule is COC(=O)c1occc1CNc1cccc(C(=O)O)c1. The first-order valence-electron chi connectivity index (χ1n) is 5.83. The van der Waals surface area contributed by atoms with Crippen LogP contribution in [0, 0.1) is 0 Å². The van der Waals surface area contributed by atoms with E-state index in [4.69, 9.17) is 9.52 Å². The van der Waals surface area contributed by atoms with Crippen molar-refractivity contribution < 1.29 is 23.8 Å². The van der Waals surface area contributed by atoms with Crippen molar-refractivity contribution in [1.82, 2.24) is 0 Å². The van der Waals surface area contributed by atoms with Crippen LogP contribution in [-0.2, 0) is 11.3 Å². The van der Waals surface area contributed by atoms with Gasteiger partial charge in [0.15, 0.2) is 0 Å². The second-order valence-corrected chi connectivity index (χ2v) is 4.01. The van der Waals surface area contributed by atoms with Crippen LogP contribution < -0.4 is 5.32 Å². The van der Waals surface area contributed by atoms with E-state index in [0.717, 1.165) is 0 Å². The fraction of sp³-hybridized carbons (Fsp3) is 0.143. The molecule has 0 radical (unpaired) electrons. The number of benzene rings is 1. The third kappa shape index (κ3) is 2.97. The second-order valence-electron chi connectivity index (χ2n) is 4.01. The van der Waals surface area contributed by atoms with Gasteiger partial charge in [-0.3, -0.25) is 0 Å².